The van der Waals surface area contributed by atoms with Crippen LogP contribution in [0.15, 0.2) is 12.1 Å². The van der Waals surface area contributed by atoms with Crippen molar-refractivity contribution < 1.29 is 19.0 Å². The lowest BCUT2D eigenvalue weighted by Gasteiger charge is -2.14. The SMILES string of the molecule is COC(=O)CCc1ccc(OC)c(C)c1OC. The van der Waals surface area contributed by atoms with E-state index in [1.807, 2.05) is 19.1 Å². The Morgan fingerprint density at radius 2 is 1.88 bits per heavy atom. The predicted octanol–water partition coefficient (Wildman–Crippen LogP) is 2.12. The summed E-state index contributed by atoms with van der Waals surface area (Å²) in [5, 5.41) is 0. The molecule has 1 aromatic rings. The summed E-state index contributed by atoms with van der Waals surface area (Å²) in [4.78, 5) is 11.1. The molecule has 1 rings (SSSR count). The summed E-state index contributed by atoms with van der Waals surface area (Å²) >= 11 is 0. The average Bonchev–Trinajstić information content (AvgIpc) is 2.35. The minimum absolute atomic E-state index is 0.222. The van der Waals surface area contributed by atoms with E-state index in [1.54, 1.807) is 14.2 Å². The van der Waals surface area contributed by atoms with Gasteiger partial charge in [0.05, 0.1) is 21.3 Å². The summed E-state index contributed by atoms with van der Waals surface area (Å²) in [5.74, 6) is 1.33. The van der Waals surface area contributed by atoms with Crippen LogP contribution in [-0.2, 0) is 16.0 Å². The fraction of sp³-hybridized carbons (Fsp3) is 0.462. The molecule has 0 saturated heterocycles. The molecule has 0 bridgehead atoms. The first-order chi connectivity index (χ1) is 8.13. The van der Waals surface area contributed by atoms with Gasteiger partial charge in [-0.05, 0) is 25.0 Å². The van der Waals surface area contributed by atoms with E-state index < -0.39 is 0 Å². The van der Waals surface area contributed by atoms with E-state index in [1.165, 1.54) is 7.11 Å². The van der Waals surface area contributed by atoms with E-state index in [0.717, 1.165) is 22.6 Å². The van der Waals surface area contributed by atoms with Gasteiger partial charge in [-0.1, -0.05) is 6.07 Å². The van der Waals surface area contributed by atoms with Crippen molar-refractivity contribution >= 4 is 5.97 Å². The van der Waals surface area contributed by atoms with Crippen LogP contribution in [0.2, 0.25) is 0 Å². The highest BCUT2D eigenvalue weighted by Crippen LogP contribution is 2.31. The van der Waals surface area contributed by atoms with Gasteiger partial charge in [0.2, 0.25) is 0 Å². The summed E-state index contributed by atoms with van der Waals surface area (Å²) in [6.07, 6.45) is 0.944. The molecule has 94 valence electrons. The summed E-state index contributed by atoms with van der Waals surface area (Å²) in [5.41, 5.74) is 1.92. The van der Waals surface area contributed by atoms with Crippen molar-refractivity contribution in [3.8, 4) is 11.5 Å². The van der Waals surface area contributed by atoms with E-state index in [0.29, 0.717) is 12.8 Å². The maximum absolute atomic E-state index is 11.1. The molecule has 0 amide bonds. The Morgan fingerprint density at radius 1 is 1.18 bits per heavy atom. The smallest absolute Gasteiger partial charge is 0.305 e. The highest BCUT2D eigenvalue weighted by atomic mass is 16.5. The van der Waals surface area contributed by atoms with Gasteiger partial charge >= 0.3 is 5.97 Å². The first-order valence-corrected chi connectivity index (χ1v) is 5.41. The minimum atomic E-state index is -0.222. The molecule has 0 aliphatic carbocycles. The maximum atomic E-state index is 11.1. The number of aryl methyl sites for hydroxylation is 1. The van der Waals surface area contributed by atoms with Crippen LogP contribution in [0.25, 0.3) is 0 Å². The second-order valence-corrected chi connectivity index (χ2v) is 3.66. The van der Waals surface area contributed by atoms with Gasteiger partial charge in [-0.15, -0.1) is 0 Å². The lowest BCUT2D eigenvalue weighted by molar-refractivity contribution is -0.140. The summed E-state index contributed by atoms with van der Waals surface area (Å²) in [6.45, 7) is 1.93. The summed E-state index contributed by atoms with van der Waals surface area (Å²) in [7, 11) is 4.62. The third-order valence-electron chi connectivity index (χ3n) is 2.69. The standard InChI is InChI=1S/C13H18O4/c1-9-11(15-2)7-5-10(13(9)17-4)6-8-12(14)16-3/h5,7H,6,8H2,1-4H3. The third kappa shape index (κ3) is 3.12. The number of hydrogen-bond donors (Lipinski definition) is 0. The van der Waals surface area contributed by atoms with Crippen molar-refractivity contribution in [2.45, 2.75) is 19.8 Å². The average molecular weight is 238 g/mol. The molecule has 0 fully saturated rings. The Hall–Kier alpha value is -1.71. The van der Waals surface area contributed by atoms with Crippen LogP contribution in [0, 0.1) is 6.92 Å². The van der Waals surface area contributed by atoms with E-state index in [9.17, 15) is 4.79 Å². The zero-order valence-electron chi connectivity index (χ0n) is 10.7. The summed E-state index contributed by atoms with van der Waals surface area (Å²) in [6, 6.07) is 3.79. The molecule has 4 nitrogen and oxygen atoms in total. The number of benzene rings is 1. The van der Waals surface area contributed by atoms with Crippen molar-refractivity contribution in [1.29, 1.82) is 0 Å². The van der Waals surface area contributed by atoms with Gasteiger partial charge < -0.3 is 14.2 Å². The Balaban J connectivity index is 2.92. The number of hydrogen-bond acceptors (Lipinski definition) is 4. The number of rotatable bonds is 5. The lowest BCUT2D eigenvalue weighted by atomic mass is 10.0. The number of ether oxygens (including phenoxy) is 3. The number of esters is 1. The molecule has 4 heteroatoms. The molecule has 0 aromatic heterocycles. The molecular weight excluding hydrogens is 220 g/mol. The van der Waals surface area contributed by atoms with E-state index in [2.05, 4.69) is 4.74 Å². The van der Waals surface area contributed by atoms with Crippen LogP contribution in [-0.4, -0.2) is 27.3 Å². The molecule has 1 aromatic carbocycles. The molecule has 0 spiro atoms. The van der Waals surface area contributed by atoms with E-state index in [-0.39, 0.29) is 5.97 Å². The van der Waals surface area contributed by atoms with Gasteiger partial charge in [-0.2, -0.15) is 0 Å². The predicted molar refractivity (Wildman–Crippen MR) is 64.6 cm³/mol. The molecular formula is C13H18O4. The van der Waals surface area contributed by atoms with Gasteiger partial charge in [0, 0.05) is 12.0 Å². The molecule has 0 heterocycles. The van der Waals surface area contributed by atoms with E-state index >= 15 is 0 Å². The molecule has 0 N–H and O–H groups in total. The Labute approximate surface area is 101 Å². The van der Waals surface area contributed by atoms with Crippen LogP contribution < -0.4 is 9.47 Å². The first-order valence-electron chi connectivity index (χ1n) is 5.41. The maximum Gasteiger partial charge on any atom is 0.305 e. The van der Waals surface area contributed by atoms with Gasteiger partial charge in [0.1, 0.15) is 11.5 Å². The largest absolute Gasteiger partial charge is 0.496 e. The monoisotopic (exact) mass is 238 g/mol. The van der Waals surface area contributed by atoms with Crippen LogP contribution >= 0.6 is 0 Å². The van der Waals surface area contributed by atoms with E-state index in [4.69, 9.17) is 9.47 Å². The Bertz CT molecular complexity index is 399. The van der Waals surface area contributed by atoms with Crippen LogP contribution in [0.3, 0.4) is 0 Å². The van der Waals surface area contributed by atoms with Gasteiger partial charge in [0.25, 0.3) is 0 Å². The van der Waals surface area contributed by atoms with Crippen molar-refractivity contribution in [3.05, 3.63) is 23.3 Å². The zero-order chi connectivity index (χ0) is 12.8. The fourth-order valence-corrected chi connectivity index (χ4v) is 1.77. The Morgan fingerprint density at radius 3 is 2.41 bits per heavy atom. The van der Waals surface area contributed by atoms with Crippen LogP contribution in [0.5, 0.6) is 11.5 Å². The number of carbonyl (C=O) groups is 1. The fourth-order valence-electron chi connectivity index (χ4n) is 1.77. The molecule has 17 heavy (non-hydrogen) atoms. The molecule has 0 radical (unpaired) electrons. The van der Waals surface area contributed by atoms with Gasteiger partial charge in [-0.25, -0.2) is 0 Å². The number of carbonyl (C=O) groups excluding carboxylic acids is 1. The molecule has 0 aliphatic heterocycles. The second-order valence-electron chi connectivity index (χ2n) is 3.66. The van der Waals surface area contributed by atoms with Crippen molar-refractivity contribution in [1.82, 2.24) is 0 Å². The normalized spacial score (nSPS) is 9.88. The zero-order valence-corrected chi connectivity index (χ0v) is 10.7. The first kappa shape index (κ1) is 13.4. The summed E-state index contributed by atoms with van der Waals surface area (Å²) < 4.78 is 15.2. The third-order valence-corrected chi connectivity index (χ3v) is 2.69. The number of methoxy groups -OCH3 is 3. The van der Waals surface area contributed by atoms with Crippen molar-refractivity contribution in [2.75, 3.05) is 21.3 Å². The Kier molecular flexibility index (Phi) is 4.82. The van der Waals surface area contributed by atoms with Gasteiger partial charge in [-0.3, -0.25) is 4.79 Å². The molecule has 0 unspecified atom stereocenters. The van der Waals surface area contributed by atoms with Crippen molar-refractivity contribution in [2.24, 2.45) is 0 Å². The highest BCUT2D eigenvalue weighted by Gasteiger charge is 2.12. The second kappa shape index (κ2) is 6.13. The van der Waals surface area contributed by atoms with Crippen LogP contribution in [0.4, 0.5) is 0 Å². The van der Waals surface area contributed by atoms with Gasteiger partial charge in [0.15, 0.2) is 0 Å². The molecule has 0 saturated carbocycles. The van der Waals surface area contributed by atoms with Crippen LogP contribution in [0.1, 0.15) is 17.5 Å². The minimum Gasteiger partial charge on any atom is -0.496 e. The highest BCUT2D eigenvalue weighted by molar-refractivity contribution is 5.69. The van der Waals surface area contributed by atoms with Crippen molar-refractivity contribution in [3.63, 3.8) is 0 Å². The molecule has 0 aliphatic rings. The lowest BCUT2D eigenvalue weighted by Crippen LogP contribution is -2.04. The molecule has 0 atom stereocenters. The quantitative estimate of drug-likeness (QED) is 0.737. The topological polar surface area (TPSA) is 44.8 Å².